The van der Waals surface area contributed by atoms with Crippen LogP contribution in [-0.2, 0) is 0 Å². The number of benzene rings is 1. The summed E-state index contributed by atoms with van der Waals surface area (Å²) >= 11 is 0. The predicted molar refractivity (Wildman–Crippen MR) is 102 cm³/mol. The Balaban J connectivity index is 1.50. The normalized spacial score (nSPS) is 14.8. The minimum absolute atomic E-state index is 0.257. The standard InChI is InChI=1S/C20H21N5O/c26-19(18-17-8-4-3-7-15(17)9-10-21-18)24-16-13-22-20(23-14-16)25-11-5-1-2-6-12-25/h3-4,7-10,13-14H,1-2,5-6,11-12H2,(H,24,26). The van der Waals surface area contributed by atoms with Gasteiger partial charge in [0.25, 0.3) is 5.91 Å². The summed E-state index contributed by atoms with van der Waals surface area (Å²) in [6.07, 6.45) is 9.86. The van der Waals surface area contributed by atoms with Gasteiger partial charge in [-0.3, -0.25) is 9.78 Å². The van der Waals surface area contributed by atoms with Crippen LogP contribution < -0.4 is 10.2 Å². The number of pyridine rings is 1. The third-order valence-electron chi connectivity index (χ3n) is 4.67. The summed E-state index contributed by atoms with van der Waals surface area (Å²) in [7, 11) is 0. The van der Waals surface area contributed by atoms with E-state index in [1.165, 1.54) is 25.7 Å². The van der Waals surface area contributed by atoms with Crippen LogP contribution in [0.1, 0.15) is 36.2 Å². The molecule has 1 aliphatic heterocycles. The maximum atomic E-state index is 12.6. The van der Waals surface area contributed by atoms with Crippen LogP contribution in [0.2, 0.25) is 0 Å². The molecule has 3 heterocycles. The summed E-state index contributed by atoms with van der Waals surface area (Å²) in [6.45, 7) is 1.98. The molecule has 0 spiro atoms. The molecule has 0 aliphatic carbocycles. The van der Waals surface area contributed by atoms with Crippen molar-refractivity contribution in [2.45, 2.75) is 25.7 Å². The number of aromatic nitrogens is 3. The summed E-state index contributed by atoms with van der Waals surface area (Å²) in [5.74, 6) is 0.473. The number of fused-ring (bicyclic) bond motifs is 1. The zero-order valence-electron chi connectivity index (χ0n) is 14.6. The lowest BCUT2D eigenvalue weighted by molar-refractivity contribution is 0.102. The average molecular weight is 347 g/mol. The van der Waals surface area contributed by atoms with Crippen molar-refractivity contribution in [3.63, 3.8) is 0 Å². The Morgan fingerprint density at radius 3 is 2.42 bits per heavy atom. The smallest absolute Gasteiger partial charge is 0.274 e. The van der Waals surface area contributed by atoms with Crippen molar-refractivity contribution >= 4 is 28.3 Å². The van der Waals surface area contributed by atoms with Gasteiger partial charge in [-0.05, 0) is 24.3 Å². The second kappa shape index (κ2) is 7.47. The van der Waals surface area contributed by atoms with E-state index >= 15 is 0 Å². The third kappa shape index (κ3) is 3.49. The summed E-state index contributed by atoms with van der Waals surface area (Å²) in [4.78, 5) is 27.9. The molecule has 1 aromatic carbocycles. The number of hydrogen-bond donors (Lipinski definition) is 1. The summed E-state index contributed by atoms with van der Waals surface area (Å²) in [6, 6.07) is 9.60. The lowest BCUT2D eigenvalue weighted by atomic mass is 10.1. The van der Waals surface area contributed by atoms with Gasteiger partial charge in [0.05, 0.1) is 18.1 Å². The van der Waals surface area contributed by atoms with Crippen LogP contribution in [0.3, 0.4) is 0 Å². The average Bonchev–Trinajstić information content (AvgIpc) is 2.97. The van der Waals surface area contributed by atoms with E-state index in [9.17, 15) is 4.79 Å². The van der Waals surface area contributed by atoms with Crippen LogP contribution in [-0.4, -0.2) is 33.9 Å². The molecule has 1 amide bonds. The predicted octanol–water partition coefficient (Wildman–Crippen LogP) is 3.66. The van der Waals surface area contributed by atoms with Gasteiger partial charge in [-0.15, -0.1) is 0 Å². The van der Waals surface area contributed by atoms with E-state index in [1.807, 2.05) is 30.3 Å². The number of nitrogens with zero attached hydrogens (tertiary/aromatic N) is 4. The molecule has 4 rings (SSSR count). The fourth-order valence-corrected chi connectivity index (χ4v) is 3.31. The van der Waals surface area contributed by atoms with Crippen molar-refractivity contribution in [3.05, 3.63) is 54.6 Å². The maximum Gasteiger partial charge on any atom is 0.274 e. The highest BCUT2D eigenvalue weighted by Gasteiger charge is 2.14. The first kappa shape index (κ1) is 16.4. The van der Waals surface area contributed by atoms with Gasteiger partial charge in [-0.25, -0.2) is 9.97 Å². The summed E-state index contributed by atoms with van der Waals surface area (Å²) in [5.41, 5.74) is 0.975. The SMILES string of the molecule is O=C(Nc1cnc(N2CCCCCC2)nc1)c1nccc2ccccc12. The summed E-state index contributed by atoms with van der Waals surface area (Å²) < 4.78 is 0. The Hall–Kier alpha value is -3.02. The number of nitrogens with one attached hydrogen (secondary N) is 1. The number of rotatable bonds is 3. The highest BCUT2D eigenvalue weighted by molar-refractivity contribution is 6.11. The van der Waals surface area contributed by atoms with E-state index in [-0.39, 0.29) is 5.91 Å². The minimum Gasteiger partial charge on any atom is -0.341 e. The van der Waals surface area contributed by atoms with Gasteiger partial charge in [0.1, 0.15) is 5.69 Å². The molecule has 1 fully saturated rings. The zero-order chi connectivity index (χ0) is 17.8. The first-order valence-corrected chi connectivity index (χ1v) is 9.03. The van der Waals surface area contributed by atoms with Gasteiger partial charge in [0.15, 0.2) is 0 Å². The van der Waals surface area contributed by atoms with Crippen molar-refractivity contribution in [2.75, 3.05) is 23.3 Å². The molecule has 0 unspecified atom stereocenters. The van der Waals surface area contributed by atoms with Crippen molar-refractivity contribution in [1.29, 1.82) is 0 Å². The fourth-order valence-electron chi connectivity index (χ4n) is 3.31. The Morgan fingerprint density at radius 2 is 1.65 bits per heavy atom. The van der Waals surface area contributed by atoms with E-state index in [1.54, 1.807) is 18.6 Å². The molecule has 132 valence electrons. The van der Waals surface area contributed by atoms with Crippen molar-refractivity contribution in [3.8, 4) is 0 Å². The maximum absolute atomic E-state index is 12.6. The molecule has 0 bridgehead atoms. The van der Waals surface area contributed by atoms with Crippen molar-refractivity contribution in [1.82, 2.24) is 15.0 Å². The van der Waals surface area contributed by atoms with Gasteiger partial charge in [-0.1, -0.05) is 37.1 Å². The van der Waals surface area contributed by atoms with Crippen LogP contribution in [0.25, 0.3) is 10.8 Å². The Kier molecular flexibility index (Phi) is 4.73. The molecular weight excluding hydrogens is 326 g/mol. The van der Waals surface area contributed by atoms with E-state index in [4.69, 9.17) is 0 Å². The van der Waals surface area contributed by atoms with Gasteiger partial charge in [0, 0.05) is 24.7 Å². The molecule has 1 N–H and O–H groups in total. The Labute approximate surface area is 152 Å². The lowest BCUT2D eigenvalue weighted by Crippen LogP contribution is -2.26. The van der Waals surface area contributed by atoms with Crippen LogP contribution in [0, 0.1) is 0 Å². The largest absolute Gasteiger partial charge is 0.341 e. The first-order valence-electron chi connectivity index (χ1n) is 9.03. The second-order valence-electron chi connectivity index (χ2n) is 6.51. The van der Waals surface area contributed by atoms with Crippen molar-refractivity contribution in [2.24, 2.45) is 0 Å². The molecule has 2 aromatic heterocycles. The second-order valence-corrected chi connectivity index (χ2v) is 6.51. The van der Waals surface area contributed by atoms with Gasteiger partial charge >= 0.3 is 0 Å². The number of hydrogen-bond acceptors (Lipinski definition) is 5. The highest BCUT2D eigenvalue weighted by Crippen LogP contribution is 2.19. The van der Waals surface area contributed by atoms with E-state index in [0.717, 1.165) is 29.8 Å². The fraction of sp³-hybridized carbons (Fsp3) is 0.300. The third-order valence-corrected chi connectivity index (χ3v) is 4.67. The molecule has 1 aliphatic rings. The van der Waals surface area contributed by atoms with Crippen LogP contribution in [0.4, 0.5) is 11.6 Å². The Morgan fingerprint density at radius 1 is 0.923 bits per heavy atom. The molecular formula is C20H21N5O. The molecule has 0 saturated carbocycles. The van der Waals surface area contributed by atoms with E-state index < -0.39 is 0 Å². The topological polar surface area (TPSA) is 71.0 Å². The lowest BCUT2D eigenvalue weighted by Gasteiger charge is -2.19. The van der Waals surface area contributed by atoms with Gasteiger partial charge < -0.3 is 10.2 Å². The molecule has 1 saturated heterocycles. The first-order chi connectivity index (χ1) is 12.8. The Bertz CT molecular complexity index is 896. The monoisotopic (exact) mass is 347 g/mol. The molecule has 6 heteroatoms. The molecule has 26 heavy (non-hydrogen) atoms. The van der Waals surface area contributed by atoms with Gasteiger partial charge in [0.2, 0.25) is 5.95 Å². The molecule has 0 atom stereocenters. The van der Waals surface area contributed by atoms with Gasteiger partial charge in [-0.2, -0.15) is 0 Å². The number of amides is 1. The summed E-state index contributed by atoms with van der Waals surface area (Å²) in [5, 5.41) is 4.66. The van der Waals surface area contributed by atoms with E-state index in [0.29, 0.717) is 11.4 Å². The number of anilines is 2. The quantitative estimate of drug-likeness (QED) is 0.783. The van der Waals surface area contributed by atoms with Crippen molar-refractivity contribution < 1.29 is 4.79 Å². The van der Waals surface area contributed by atoms with Crippen LogP contribution >= 0.6 is 0 Å². The molecule has 0 radical (unpaired) electrons. The number of carbonyl (C=O) groups excluding carboxylic acids is 1. The van der Waals surface area contributed by atoms with Crippen LogP contribution in [0.15, 0.2) is 48.9 Å². The molecule has 3 aromatic rings. The number of carbonyl (C=O) groups is 1. The minimum atomic E-state index is -0.257. The highest BCUT2D eigenvalue weighted by atomic mass is 16.1. The zero-order valence-corrected chi connectivity index (χ0v) is 14.6. The van der Waals surface area contributed by atoms with Crippen LogP contribution in [0.5, 0.6) is 0 Å². The molecule has 6 nitrogen and oxygen atoms in total. The van der Waals surface area contributed by atoms with E-state index in [2.05, 4.69) is 25.2 Å².